The van der Waals surface area contributed by atoms with Crippen LogP contribution in [-0.4, -0.2) is 29.1 Å². The highest BCUT2D eigenvalue weighted by atomic mass is 19.2. The first kappa shape index (κ1) is 18.3. The lowest BCUT2D eigenvalue weighted by Gasteiger charge is -2.26. The molecule has 0 unspecified atom stereocenters. The SMILES string of the molecule is O=C(NCC1(O)CCCCCC1)C(=O)Nc1cc(F)c(F)cc1F. The van der Waals surface area contributed by atoms with Gasteiger partial charge in [-0.25, -0.2) is 13.2 Å². The number of hydrogen-bond donors (Lipinski definition) is 3. The van der Waals surface area contributed by atoms with Gasteiger partial charge in [-0.3, -0.25) is 9.59 Å². The molecule has 1 fully saturated rings. The third-order valence-corrected chi connectivity index (χ3v) is 4.08. The molecule has 0 spiro atoms. The molecule has 24 heavy (non-hydrogen) atoms. The van der Waals surface area contributed by atoms with E-state index in [1.807, 2.05) is 5.32 Å². The Morgan fingerprint density at radius 1 is 0.958 bits per heavy atom. The summed E-state index contributed by atoms with van der Waals surface area (Å²) in [6, 6.07) is 0.728. The number of carbonyl (C=O) groups excluding carboxylic acids is 2. The quantitative estimate of drug-likeness (QED) is 0.447. The summed E-state index contributed by atoms with van der Waals surface area (Å²) in [5.74, 6) is -6.25. The number of aliphatic hydroxyl groups is 1. The van der Waals surface area contributed by atoms with Crippen molar-refractivity contribution in [2.45, 2.75) is 44.1 Å². The van der Waals surface area contributed by atoms with E-state index < -0.39 is 40.6 Å². The maximum atomic E-state index is 13.4. The van der Waals surface area contributed by atoms with Gasteiger partial charge in [0.15, 0.2) is 11.6 Å². The summed E-state index contributed by atoms with van der Waals surface area (Å²) >= 11 is 0. The van der Waals surface area contributed by atoms with Crippen molar-refractivity contribution in [2.24, 2.45) is 0 Å². The van der Waals surface area contributed by atoms with Gasteiger partial charge in [0.2, 0.25) is 0 Å². The highest BCUT2D eigenvalue weighted by Crippen LogP contribution is 2.26. The second-order valence-electron chi connectivity index (χ2n) is 6.02. The number of benzene rings is 1. The van der Waals surface area contributed by atoms with Crippen LogP contribution in [0.3, 0.4) is 0 Å². The van der Waals surface area contributed by atoms with Crippen molar-refractivity contribution in [1.29, 1.82) is 0 Å². The number of rotatable bonds is 3. The molecule has 8 heteroatoms. The maximum Gasteiger partial charge on any atom is 0.313 e. The third kappa shape index (κ3) is 4.70. The maximum absolute atomic E-state index is 13.4. The van der Waals surface area contributed by atoms with Crippen LogP contribution >= 0.6 is 0 Å². The molecule has 1 aliphatic carbocycles. The van der Waals surface area contributed by atoms with E-state index in [4.69, 9.17) is 0 Å². The second kappa shape index (κ2) is 7.65. The number of amides is 2. The minimum Gasteiger partial charge on any atom is -0.388 e. The molecule has 0 bridgehead atoms. The van der Waals surface area contributed by atoms with Crippen LogP contribution in [0.4, 0.5) is 18.9 Å². The van der Waals surface area contributed by atoms with Crippen molar-refractivity contribution in [2.75, 3.05) is 11.9 Å². The van der Waals surface area contributed by atoms with Crippen LogP contribution in [0.1, 0.15) is 38.5 Å². The fourth-order valence-corrected chi connectivity index (χ4v) is 2.69. The molecule has 2 amide bonds. The average molecular weight is 344 g/mol. The van der Waals surface area contributed by atoms with Crippen LogP contribution < -0.4 is 10.6 Å². The Kier molecular flexibility index (Phi) is 5.82. The monoisotopic (exact) mass is 344 g/mol. The van der Waals surface area contributed by atoms with Crippen molar-refractivity contribution in [1.82, 2.24) is 5.32 Å². The van der Waals surface area contributed by atoms with E-state index in [0.29, 0.717) is 18.9 Å². The minimum atomic E-state index is -1.40. The summed E-state index contributed by atoms with van der Waals surface area (Å²) < 4.78 is 39.3. The fourth-order valence-electron chi connectivity index (χ4n) is 2.69. The molecule has 1 aromatic rings. The van der Waals surface area contributed by atoms with E-state index in [2.05, 4.69) is 5.32 Å². The molecule has 3 N–H and O–H groups in total. The van der Waals surface area contributed by atoms with E-state index in [1.54, 1.807) is 0 Å². The van der Waals surface area contributed by atoms with Gasteiger partial charge >= 0.3 is 11.8 Å². The summed E-state index contributed by atoms with van der Waals surface area (Å²) in [6.45, 7) is -0.0977. The molecule has 0 aromatic heterocycles. The van der Waals surface area contributed by atoms with Crippen molar-refractivity contribution < 1.29 is 27.9 Å². The van der Waals surface area contributed by atoms with Crippen LogP contribution in [0.25, 0.3) is 0 Å². The van der Waals surface area contributed by atoms with Crippen molar-refractivity contribution >= 4 is 17.5 Å². The molecular weight excluding hydrogens is 325 g/mol. The van der Waals surface area contributed by atoms with Crippen molar-refractivity contribution in [3.63, 3.8) is 0 Å². The van der Waals surface area contributed by atoms with E-state index in [-0.39, 0.29) is 12.6 Å². The standard InChI is InChI=1S/C16H19F3N2O3/c17-10-7-12(19)13(8-11(10)18)21-15(23)14(22)20-9-16(24)5-3-1-2-4-6-16/h7-8,24H,1-6,9H2,(H,20,22)(H,21,23). The molecule has 1 aliphatic rings. The Balaban J connectivity index is 1.93. The number of halogens is 3. The minimum absolute atomic E-state index is 0.0977. The highest BCUT2D eigenvalue weighted by molar-refractivity contribution is 6.39. The number of hydrogen-bond acceptors (Lipinski definition) is 3. The predicted octanol–water partition coefficient (Wildman–Crippen LogP) is 2.24. The molecule has 132 valence electrons. The predicted molar refractivity (Wildman–Crippen MR) is 80.6 cm³/mol. The Morgan fingerprint density at radius 3 is 2.17 bits per heavy atom. The molecule has 0 heterocycles. The van der Waals surface area contributed by atoms with Gasteiger partial charge in [0.25, 0.3) is 0 Å². The third-order valence-electron chi connectivity index (χ3n) is 4.08. The molecule has 5 nitrogen and oxygen atoms in total. The molecule has 0 aliphatic heterocycles. The van der Waals surface area contributed by atoms with Crippen LogP contribution in [0.5, 0.6) is 0 Å². The van der Waals surface area contributed by atoms with Crippen molar-refractivity contribution in [3.8, 4) is 0 Å². The smallest absolute Gasteiger partial charge is 0.313 e. The van der Waals surface area contributed by atoms with Crippen LogP contribution in [0.15, 0.2) is 12.1 Å². The molecule has 0 saturated heterocycles. The molecule has 0 atom stereocenters. The topological polar surface area (TPSA) is 78.4 Å². The lowest BCUT2D eigenvalue weighted by Crippen LogP contribution is -2.46. The molecule has 2 rings (SSSR count). The molecule has 1 saturated carbocycles. The first-order valence-electron chi connectivity index (χ1n) is 7.77. The summed E-state index contributed by atoms with van der Waals surface area (Å²) in [5.41, 5.74) is -1.71. The van der Waals surface area contributed by atoms with E-state index in [9.17, 15) is 27.9 Å². The second-order valence-corrected chi connectivity index (χ2v) is 6.02. The van der Waals surface area contributed by atoms with E-state index in [0.717, 1.165) is 25.7 Å². The normalized spacial score (nSPS) is 17.0. The molecular formula is C16H19F3N2O3. The van der Waals surface area contributed by atoms with E-state index in [1.165, 1.54) is 0 Å². The van der Waals surface area contributed by atoms with Crippen LogP contribution in [0, 0.1) is 17.5 Å². The largest absolute Gasteiger partial charge is 0.388 e. The van der Waals surface area contributed by atoms with Gasteiger partial charge in [-0.2, -0.15) is 0 Å². The Bertz CT molecular complexity index is 629. The summed E-state index contributed by atoms with van der Waals surface area (Å²) in [7, 11) is 0. The van der Waals surface area contributed by atoms with Gasteiger partial charge in [0, 0.05) is 18.7 Å². The zero-order valence-corrected chi connectivity index (χ0v) is 13.0. The average Bonchev–Trinajstić information content (AvgIpc) is 2.75. The van der Waals surface area contributed by atoms with Gasteiger partial charge in [0.05, 0.1) is 11.3 Å². The summed E-state index contributed by atoms with van der Waals surface area (Å²) in [6.07, 6.45) is 4.72. The summed E-state index contributed by atoms with van der Waals surface area (Å²) in [5, 5.41) is 14.6. The lowest BCUT2D eigenvalue weighted by atomic mass is 9.94. The number of carbonyl (C=O) groups is 2. The van der Waals surface area contributed by atoms with Gasteiger partial charge in [-0.1, -0.05) is 25.7 Å². The van der Waals surface area contributed by atoms with Gasteiger partial charge in [0.1, 0.15) is 5.82 Å². The van der Waals surface area contributed by atoms with Crippen LogP contribution in [0.2, 0.25) is 0 Å². The van der Waals surface area contributed by atoms with Crippen molar-refractivity contribution in [3.05, 3.63) is 29.6 Å². The Morgan fingerprint density at radius 2 is 1.54 bits per heavy atom. The summed E-state index contributed by atoms with van der Waals surface area (Å²) in [4.78, 5) is 23.5. The number of nitrogens with one attached hydrogen (secondary N) is 2. The Labute approximate surface area is 137 Å². The van der Waals surface area contributed by atoms with Gasteiger partial charge in [-0.05, 0) is 12.8 Å². The Hall–Kier alpha value is -2.09. The van der Waals surface area contributed by atoms with Gasteiger partial charge in [-0.15, -0.1) is 0 Å². The first-order chi connectivity index (χ1) is 11.3. The zero-order valence-electron chi connectivity index (χ0n) is 13.0. The first-order valence-corrected chi connectivity index (χ1v) is 7.77. The molecule has 1 aromatic carbocycles. The van der Waals surface area contributed by atoms with Gasteiger partial charge < -0.3 is 15.7 Å². The lowest BCUT2D eigenvalue weighted by molar-refractivity contribution is -0.137. The molecule has 0 radical (unpaired) electrons. The highest BCUT2D eigenvalue weighted by Gasteiger charge is 2.29. The number of anilines is 1. The van der Waals surface area contributed by atoms with E-state index >= 15 is 0 Å². The fraction of sp³-hybridized carbons (Fsp3) is 0.500. The van der Waals surface area contributed by atoms with Crippen LogP contribution in [-0.2, 0) is 9.59 Å². The zero-order chi connectivity index (χ0) is 17.7.